The SMILES string of the molecule is COC(=O)CC[C@@H](C)[C@H]1CC[C@H]2[C@@H]3[C@H](O)C[C@@H]4C[C@H](NC(=O)CCC(N(CCN(CC(=O)OC(C)(C)C)CC(=O)OC(C)(C)C)CCN(CC(=O)OC(C)(C)C)CC(=O)OC(C)(C)C)P(=O)(OC(C)(C)C)OC(C)(C)C)CC[C@]4(C)[C@H]3C[C@H](O)[C@]12C. The van der Waals surface area contributed by atoms with Crippen LogP contribution in [-0.4, -0.2) is 178 Å². The Labute approximate surface area is 517 Å². The number of methoxy groups -OCH3 is 1. The van der Waals surface area contributed by atoms with Crippen LogP contribution in [0, 0.1) is 46.3 Å². The summed E-state index contributed by atoms with van der Waals surface area (Å²) < 4.78 is 57.2. The van der Waals surface area contributed by atoms with Crippen molar-refractivity contribution in [2.45, 2.75) is 274 Å². The summed E-state index contributed by atoms with van der Waals surface area (Å²) in [6.45, 7) is 37.1. The lowest BCUT2D eigenvalue weighted by Crippen LogP contribution is -2.63. The Bertz CT molecular complexity index is 2200. The van der Waals surface area contributed by atoms with Crippen LogP contribution in [0.1, 0.15) is 216 Å². The molecule has 86 heavy (non-hydrogen) atoms. The van der Waals surface area contributed by atoms with E-state index in [0.29, 0.717) is 38.5 Å². The molecule has 21 heteroatoms. The van der Waals surface area contributed by atoms with Gasteiger partial charge in [0, 0.05) is 45.1 Å². The van der Waals surface area contributed by atoms with Gasteiger partial charge >= 0.3 is 37.4 Å². The van der Waals surface area contributed by atoms with Crippen molar-refractivity contribution in [3.63, 3.8) is 0 Å². The second-order valence-electron chi connectivity index (χ2n) is 32.0. The van der Waals surface area contributed by atoms with Gasteiger partial charge in [-0.2, -0.15) is 0 Å². The number of fused-ring (bicyclic) bond motifs is 5. The van der Waals surface area contributed by atoms with Crippen LogP contribution in [-0.2, 0) is 66.1 Å². The molecule has 12 atom stereocenters. The molecule has 0 bridgehead atoms. The summed E-state index contributed by atoms with van der Waals surface area (Å²) in [4.78, 5) is 86.1. The summed E-state index contributed by atoms with van der Waals surface area (Å²) >= 11 is 0. The Hall–Kier alpha value is -3.23. The second kappa shape index (κ2) is 29.4. The zero-order valence-corrected chi connectivity index (χ0v) is 58.0. The van der Waals surface area contributed by atoms with Crippen molar-refractivity contribution in [2.24, 2.45) is 46.3 Å². The van der Waals surface area contributed by atoms with E-state index in [4.69, 9.17) is 32.7 Å². The molecule has 4 rings (SSSR count). The van der Waals surface area contributed by atoms with E-state index in [1.54, 1.807) is 134 Å². The van der Waals surface area contributed by atoms with Crippen molar-refractivity contribution in [2.75, 3.05) is 59.5 Å². The molecular formula is C65H117N4O16P. The molecule has 0 heterocycles. The number of hydrogen-bond donors (Lipinski definition) is 3. The minimum atomic E-state index is -4.38. The molecule has 20 nitrogen and oxygen atoms in total. The van der Waals surface area contributed by atoms with Crippen molar-refractivity contribution in [1.29, 1.82) is 0 Å². The maximum atomic E-state index is 16.2. The number of aliphatic hydroxyl groups is 2. The maximum absolute atomic E-state index is 16.2. The van der Waals surface area contributed by atoms with Crippen LogP contribution in [0.5, 0.6) is 0 Å². The fraction of sp³-hybridized carbons (Fsp3) is 0.908. The van der Waals surface area contributed by atoms with Crippen LogP contribution in [0.2, 0.25) is 0 Å². The molecule has 0 aromatic carbocycles. The lowest BCUT2D eigenvalue weighted by Gasteiger charge is -2.63. The van der Waals surface area contributed by atoms with Crippen LogP contribution >= 0.6 is 7.60 Å². The smallest absolute Gasteiger partial charge is 0.348 e. The van der Waals surface area contributed by atoms with Gasteiger partial charge in [0.25, 0.3) is 0 Å². The van der Waals surface area contributed by atoms with E-state index in [1.165, 1.54) is 7.11 Å². The number of rotatable bonds is 26. The number of ether oxygens (including phenoxy) is 5. The van der Waals surface area contributed by atoms with Crippen molar-refractivity contribution >= 4 is 43.3 Å². The van der Waals surface area contributed by atoms with Crippen LogP contribution in [0.3, 0.4) is 0 Å². The molecular weight excluding hydrogens is 1120 g/mol. The van der Waals surface area contributed by atoms with Gasteiger partial charge in [0.05, 0.1) is 56.7 Å². The Morgan fingerprint density at radius 2 is 1.01 bits per heavy atom. The number of carbonyl (C=O) groups is 6. The third-order valence-corrected chi connectivity index (χ3v) is 20.6. The average Bonchev–Trinajstić information content (AvgIpc) is 1.31. The molecule has 0 aliphatic heterocycles. The van der Waals surface area contributed by atoms with E-state index in [1.807, 2.05) is 4.90 Å². The van der Waals surface area contributed by atoms with E-state index in [9.17, 15) is 39.0 Å². The number of aliphatic hydroxyl groups excluding tert-OH is 2. The Morgan fingerprint density at radius 1 is 0.570 bits per heavy atom. The second-order valence-corrected chi connectivity index (χ2v) is 34.0. The Balaban J connectivity index is 1.72. The number of hydrogen-bond acceptors (Lipinski definition) is 19. The quantitative estimate of drug-likeness (QED) is 0.0414. The third kappa shape index (κ3) is 22.9. The molecule has 1 unspecified atom stereocenters. The van der Waals surface area contributed by atoms with Crippen molar-refractivity contribution in [1.82, 2.24) is 20.0 Å². The average molecular weight is 1240 g/mol. The highest BCUT2D eigenvalue weighted by Gasteiger charge is 2.66. The molecule has 0 aromatic heterocycles. The summed E-state index contributed by atoms with van der Waals surface area (Å²) in [5.74, 6) is -3.30. The topological polar surface area (TPSA) is 246 Å². The number of amides is 1. The summed E-state index contributed by atoms with van der Waals surface area (Å²) in [7, 11) is -2.97. The highest BCUT2D eigenvalue weighted by Crippen LogP contribution is 2.68. The van der Waals surface area contributed by atoms with E-state index in [0.717, 1.165) is 19.3 Å². The predicted octanol–water partition coefficient (Wildman–Crippen LogP) is 9.86. The van der Waals surface area contributed by atoms with Crippen molar-refractivity contribution in [3.8, 4) is 0 Å². The normalized spacial score (nSPS) is 27.3. The molecule has 4 saturated carbocycles. The maximum Gasteiger partial charge on any atom is 0.348 e. The minimum Gasteiger partial charge on any atom is -0.469 e. The van der Waals surface area contributed by atoms with Gasteiger partial charge < -0.3 is 48.3 Å². The monoisotopic (exact) mass is 1240 g/mol. The molecule has 4 fully saturated rings. The number of carbonyl (C=O) groups excluding carboxylic acids is 6. The fourth-order valence-electron chi connectivity index (χ4n) is 14.5. The molecule has 498 valence electrons. The van der Waals surface area contributed by atoms with Gasteiger partial charge in [0.15, 0.2) is 0 Å². The lowest BCUT2D eigenvalue weighted by atomic mass is 9.43. The Kier molecular flexibility index (Phi) is 25.7. The highest BCUT2D eigenvalue weighted by atomic mass is 31.2. The Morgan fingerprint density at radius 3 is 1.42 bits per heavy atom. The van der Waals surface area contributed by atoms with Crippen molar-refractivity contribution in [3.05, 3.63) is 0 Å². The summed E-state index contributed by atoms with van der Waals surface area (Å²) in [5.41, 5.74) is -6.02. The zero-order valence-electron chi connectivity index (χ0n) is 57.1. The first-order valence-electron chi connectivity index (χ1n) is 31.8. The van der Waals surface area contributed by atoms with E-state index >= 15 is 4.57 Å². The molecule has 0 saturated heterocycles. The summed E-state index contributed by atoms with van der Waals surface area (Å²) in [6, 6.07) is -0.226. The third-order valence-electron chi connectivity index (χ3n) is 17.7. The minimum absolute atomic E-state index is 0.00670. The highest BCUT2D eigenvalue weighted by molar-refractivity contribution is 7.54. The molecule has 0 aromatic rings. The van der Waals surface area contributed by atoms with Crippen LogP contribution in [0.4, 0.5) is 0 Å². The molecule has 4 aliphatic carbocycles. The summed E-state index contributed by atoms with van der Waals surface area (Å²) in [5, 5.41) is 27.9. The van der Waals surface area contributed by atoms with Gasteiger partial charge in [-0.1, -0.05) is 20.8 Å². The van der Waals surface area contributed by atoms with E-state index in [2.05, 4.69) is 26.1 Å². The predicted molar refractivity (Wildman–Crippen MR) is 330 cm³/mol. The van der Waals surface area contributed by atoms with Gasteiger partial charge in [0.1, 0.15) is 28.2 Å². The first-order valence-corrected chi connectivity index (χ1v) is 33.5. The van der Waals surface area contributed by atoms with Gasteiger partial charge in [-0.05, 0) is 229 Å². The molecule has 4 aliphatic rings. The zero-order chi connectivity index (χ0) is 65.6. The largest absolute Gasteiger partial charge is 0.469 e. The van der Waals surface area contributed by atoms with Gasteiger partial charge in [-0.15, -0.1) is 0 Å². The van der Waals surface area contributed by atoms with Crippen molar-refractivity contribution < 1.29 is 76.3 Å². The van der Waals surface area contributed by atoms with E-state index in [-0.39, 0.29) is 124 Å². The fourth-order valence-corrected chi connectivity index (χ4v) is 17.4. The molecule has 3 N–H and O–H groups in total. The number of nitrogens with one attached hydrogen (secondary N) is 1. The molecule has 0 radical (unpaired) electrons. The molecule has 1 amide bonds. The van der Waals surface area contributed by atoms with Crippen LogP contribution in [0.15, 0.2) is 0 Å². The standard InChI is InChI=1S/C65H117N4O16P/c1-42(23-28-52(73)79-22)45-24-25-46-57-47(37-49(71)65(45,46)21)64(20)30-29-44(35-43(64)36-48(57)70)66-50(72)26-27-51(86(78,84-62(14,15)16)85-63(17,18)19)69(33-31-67(38-53(74)80-58(2,3)4)39-54(75)81-59(5,6)7)34-32-68(40-55(76)82-60(8,9)10)41-56(77)83-61(11,12)13/h42-49,51,57,70-71H,23-41H2,1-22H3,(H,66,72)/t42-,43+,44-,45-,46+,47+,48-,49+,51?,57+,64+,65-/m1/s1. The van der Waals surface area contributed by atoms with Gasteiger partial charge in [-0.25, -0.2) is 0 Å². The lowest BCUT2D eigenvalue weighted by molar-refractivity contribution is -0.202. The first-order chi connectivity index (χ1) is 39.0. The van der Waals surface area contributed by atoms with Crippen LogP contribution in [0.25, 0.3) is 0 Å². The number of esters is 5. The van der Waals surface area contributed by atoms with Gasteiger partial charge in [0.2, 0.25) is 5.91 Å². The first kappa shape index (κ1) is 75.2. The summed E-state index contributed by atoms with van der Waals surface area (Å²) in [6.07, 6.45) is 4.85. The van der Waals surface area contributed by atoms with Gasteiger partial charge in [-0.3, -0.25) is 48.0 Å². The van der Waals surface area contributed by atoms with Crippen LogP contribution < -0.4 is 5.32 Å². The number of nitrogens with zero attached hydrogens (tertiary/aromatic N) is 3. The molecule has 0 spiro atoms. The van der Waals surface area contributed by atoms with E-state index < -0.39 is 88.5 Å².